The molecule has 0 radical (unpaired) electrons. The van der Waals surface area contributed by atoms with Crippen LogP contribution in [0.5, 0.6) is 0 Å². The van der Waals surface area contributed by atoms with Crippen molar-refractivity contribution < 1.29 is 4.74 Å². The highest BCUT2D eigenvalue weighted by atomic mass is 32.2. The molecular weight excluding hydrogens is 248 g/mol. The Bertz CT molecular complexity index is 349. The lowest BCUT2D eigenvalue weighted by Gasteiger charge is -2.09. The second-order valence-electron chi connectivity index (χ2n) is 3.86. The zero-order valence-corrected chi connectivity index (χ0v) is 12.1. The highest BCUT2D eigenvalue weighted by Crippen LogP contribution is 2.11. The van der Waals surface area contributed by atoms with Crippen LogP contribution in [-0.2, 0) is 11.3 Å². The lowest BCUT2D eigenvalue weighted by Crippen LogP contribution is -2.08. The third kappa shape index (κ3) is 5.55. The van der Waals surface area contributed by atoms with Gasteiger partial charge in [0.25, 0.3) is 0 Å². The van der Waals surface area contributed by atoms with E-state index >= 15 is 0 Å². The first-order chi connectivity index (χ1) is 8.80. The first kappa shape index (κ1) is 15.0. The van der Waals surface area contributed by atoms with Crippen LogP contribution in [0.15, 0.2) is 6.07 Å². The largest absolute Gasteiger partial charge is 0.377 e. The van der Waals surface area contributed by atoms with Crippen LogP contribution in [0.1, 0.15) is 18.7 Å². The standard InChI is InChI=1S/C12H22N4OS/c1-13-10-8-11(14-6-4-5-7-18-3)16-12(15-10)9-17-2/h8H,4-7,9H2,1-3H3,(H2,13,14,15,16). The van der Waals surface area contributed by atoms with Crippen molar-refractivity contribution in [1.29, 1.82) is 0 Å². The molecule has 0 fully saturated rings. The molecule has 0 aliphatic carbocycles. The molecule has 0 spiro atoms. The SMILES string of the molecule is CNc1cc(NCCCCSC)nc(COC)n1. The van der Waals surface area contributed by atoms with Gasteiger partial charge in [-0.25, -0.2) is 9.97 Å². The van der Waals surface area contributed by atoms with Gasteiger partial charge in [0.05, 0.1) is 0 Å². The van der Waals surface area contributed by atoms with Crippen LogP contribution in [0.4, 0.5) is 11.6 Å². The van der Waals surface area contributed by atoms with Crippen molar-refractivity contribution in [2.75, 3.05) is 43.3 Å². The lowest BCUT2D eigenvalue weighted by atomic mass is 10.3. The number of ether oxygens (including phenoxy) is 1. The summed E-state index contributed by atoms with van der Waals surface area (Å²) in [7, 11) is 3.49. The minimum absolute atomic E-state index is 0.427. The molecule has 0 saturated carbocycles. The summed E-state index contributed by atoms with van der Waals surface area (Å²) in [5, 5.41) is 6.35. The second-order valence-corrected chi connectivity index (χ2v) is 4.85. The van der Waals surface area contributed by atoms with E-state index in [2.05, 4.69) is 26.9 Å². The fourth-order valence-corrected chi connectivity index (χ4v) is 1.99. The minimum atomic E-state index is 0.427. The van der Waals surface area contributed by atoms with Crippen LogP contribution < -0.4 is 10.6 Å². The Morgan fingerprint density at radius 1 is 1.28 bits per heavy atom. The Morgan fingerprint density at radius 3 is 2.72 bits per heavy atom. The zero-order chi connectivity index (χ0) is 13.2. The number of aromatic nitrogens is 2. The molecule has 1 aromatic heterocycles. The predicted molar refractivity (Wildman–Crippen MR) is 78.4 cm³/mol. The van der Waals surface area contributed by atoms with Gasteiger partial charge in [0, 0.05) is 26.8 Å². The van der Waals surface area contributed by atoms with Gasteiger partial charge in [0.1, 0.15) is 18.2 Å². The van der Waals surface area contributed by atoms with Crippen molar-refractivity contribution in [3.05, 3.63) is 11.9 Å². The molecular formula is C12H22N4OS. The molecule has 1 aromatic rings. The number of methoxy groups -OCH3 is 1. The van der Waals surface area contributed by atoms with Crippen LogP contribution >= 0.6 is 11.8 Å². The Morgan fingerprint density at radius 2 is 2.06 bits per heavy atom. The summed E-state index contributed by atoms with van der Waals surface area (Å²) in [6.07, 6.45) is 4.51. The molecule has 0 bridgehead atoms. The summed E-state index contributed by atoms with van der Waals surface area (Å²) in [6.45, 7) is 1.36. The van der Waals surface area contributed by atoms with Crippen molar-refractivity contribution >= 4 is 23.4 Å². The number of anilines is 2. The highest BCUT2D eigenvalue weighted by Gasteiger charge is 2.03. The van der Waals surface area contributed by atoms with Crippen LogP contribution in [0.3, 0.4) is 0 Å². The van der Waals surface area contributed by atoms with Crippen molar-refractivity contribution in [2.24, 2.45) is 0 Å². The molecule has 0 aromatic carbocycles. The number of hydrogen-bond donors (Lipinski definition) is 2. The molecule has 2 N–H and O–H groups in total. The quantitative estimate of drug-likeness (QED) is 0.671. The third-order valence-electron chi connectivity index (χ3n) is 2.38. The average Bonchev–Trinajstić information content (AvgIpc) is 2.38. The van der Waals surface area contributed by atoms with Gasteiger partial charge in [0.15, 0.2) is 5.82 Å². The Labute approximate surface area is 113 Å². The van der Waals surface area contributed by atoms with Crippen LogP contribution in [0.25, 0.3) is 0 Å². The number of rotatable bonds is 9. The summed E-state index contributed by atoms with van der Waals surface area (Å²) in [6, 6.07) is 1.91. The fraction of sp³-hybridized carbons (Fsp3) is 0.667. The first-order valence-corrected chi connectivity index (χ1v) is 7.47. The van der Waals surface area contributed by atoms with E-state index in [1.807, 2.05) is 24.9 Å². The molecule has 0 aliphatic heterocycles. The molecule has 0 unspecified atom stereocenters. The van der Waals surface area contributed by atoms with E-state index in [1.54, 1.807) is 7.11 Å². The number of unbranched alkanes of at least 4 members (excludes halogenated alkanes) is 1. The molecule has 1 rings (SSSR count). The summed E-state index contributed by atoms with van der Waals surface area (Å²) >= 11 is 1.88. The number of thioether (sulfide) groups is 1. The lowest BCUT2D eigenvalue weighted by molar-refractivity contribution is 0.178. The monoisotopic (exact) mass is 270 g/mol. The van der Waals surface area contributed by atoms with Crippen LogP contribution in [0.2, 0.25) is 0 Å². The van der Waals surface area contributed by atoms with E-state index in [9.17, 15) is 0 Å². The van der Waals surface area contributed by atoms with Gasteiger partial charge >= 0.3 is 0 Å². The van der Waals surface area contributed by atoms with E-state index in [4.69, 9.17) is 4.74 Å². The van der Waals surface area contributed by atoms with Crippen molar-refractivity contribution in [3.8, 4) is 0 Å². The Balaban J connectivity index is 2.50. The zero-order valence-electron chi connectivity index (χ0n) is 11.3. The van der Waals surface area contributed by atoms with E-state index in [1.165, 1.54) is 12.2 Å². The van der Waals surface area contributed by atoms with Gasteiger partial charge in [-0.1, -0.05) is 0 Å². The maximum absolute atomic E-state index is 5.06. The van der Waals surface area contributed by atoms with Crippen molar-refractivity contribution in [3.63, 3.8) is 0 Å². The summed E-state index contributed by atoms with van der Waals surface area (Å²) in [5.74, 6) is 3.56. The summed E-state index contributed by atoms with van der Waals surface area (Å²) < 4.78 is 5.06. The second kappa shape index (κ2) is 8.99. The van der Waals surface area contributed by atoms with E-state index < -0.39 is 0 Å². The topological polar surface area (TPSA) is 59.1 Å². The fourth-order valence-electron chi connectivity index (χ4n) is 1.50. The van der Waals surface area contributed by atoms with Gasteiger partial charge in [0.2, 0.25) is 0 Å². The van der Waals surface area contributed by atoms with E-state index in [-0.39, 0.29) is 0 Å². The molecule has 18 heavy (non-hydrogen) atoms. The highest BCUT2D eigenvalue weighted by molar-refractivity contribution is 7.98. The van der Waals surface area contributed by atoms with Gasteiger partial charge in [-0.05, 0) is 24.9 Å². The minimum Gasteiger partial charge on any atom is -0.377 e. The molecule has 6 heteroatoms. The first-order valence-electron chi connectivity index (χ1n) is 6.07. The van der Waals surface area contributed by atoms with E-state index in [0.29, 0.717) is 12.4 Å². The van der Waals surface area contributed by atoms with Gasteiger partial charge in [-0.15, -0.1) is 0 Å². The number of hydrogen-bond acceptors (Lipinski definition) is 6. The molecule has 5 nitrogen and oxygen atoms in total. The molecule has 0 saturated heterocycles. The van der Waals surface area contributed by atoms with Gasteiger partial charge < -0.3 is 15.4 Å². The van der Waals surface area contributed by atoms with Crippen molar-refractivity contribution in [1.82, 2.24) is 9.97 Å². The summed E-state index contributed by atoms with van der Waals surface area (Å²) in [4.78, 5) is 8.71. The molecule has 102 valence electrons. The maximum Gasteiger partial charge on any atom is 0.158 e. The maximum atomic E-state index is 5.06. The molecule has 1 heterocycles. The van der Waals surface area contributed by atoms with E-state index in [0.717, 1.165) is 24.6 Å². The number of nitrogens with zero attached hydrogens (tertiary/aromatic N) is 2. The smallest absolute Gasteiger partial charge is 0.158 e. The average molecular weight is 270 g/mol. The molecule has 0 atom stereocenters. The molecule has 0 aliphatic rings. The van der Waals surface area contributed by atoms with Gasteiger partial charge in [-0.2, -0.15) is 11.8 Å². The van der Waals surface area contributed by atoms with Crippen LogP contribution in [0, 0.1) is 0 Å². The Hall–Kier alpha value is -1.01. The normalized spacial score (nSPS) is 10.4. The third-order valence-corrected chi connectivity index (χ3v) is 3.08. The summed E-state index contributed by atoms with van der Waals surface area (Å²) in [5.41, 5.74) is 0. The van der Waals surface area contributed by atoms with Crippen LogP contribution in [-0.4, -0.2) is 42.7 Å². The van der Waals surface area contributed by atoms with Gasteiger partial charge in [-0.3, -0.25) is 0 Å². The predicted octanol–water partition coefficient (Wildman–Crippen LogP) is 2.22. The Kier molecular flexibility index (Phi) is 7.52. The number of nitrogens with one attached hydrogen (secondary N) is 2. The molecule has 0 amide bonds. The van der Waals surface area contributed by atoms with Crippen molar-refractivity contribution in [2.45, 2.75) is 19.4 Å².